The summed E-state index contributed by atoms with van der Waals surface area (Å²) in [5.74, 6) is -0.0669. The highest BCUT2D eigenvalue weighted by Gasteiger charge is 2.10. The zero-order valence-electron chi connectivity index (χ0n) is 9.62. The molecule has 5 heteroatoms. The van der Waals surface area contributed by atoms with E-state index in [1.54, 1.807) is 18.2 Å². The zero-order chi connectivity index (χ0) is 13.4. The van der Waals surface area contributed by atoms with E-state index < -0.39 is 5.97 Å². The van der Waals surface area contributed by atoms with Gasteiger partial charge in [-0.25, -0.2) is 4.79 Å². The second kappa shape index (κ2) is 4.37. The van der Waals surface area contributed by atoms with Crippen LogP contribution in [-0.2, 0) is 0 Å². The maximum atomic E-state index is 10.9. The van der Waals surface area contributed by atoms with E-state index >= 15 is 0 Å². The lowest BCUT2D eigenvalue weighted by atomic mass is 10.1. The van der Waals surface area contributed by atoms with Crippen LogP contribution in [0.2, 0.25) is 0 Å². The lowest BCUT2D eigenvalue weighted by molar-refractivity contribution is 0.0702. The van der Waals surface area contributed by atoms with Crippen LogP contribution in [0.4, 0.5) is 0 Å². The minimum atomic E-state index is -0.927. The normalized spacial score (nSPS) is 10.7. The molecule has 1 aromatic carbocycles. The number of aromatic carboxylic acids is 1. The highest BCUT2D eigenvalue weighted by Crippen LogP contribution is 2.30. The average molecular weight is 272 g/mol. The monoisotopic (exact) mass is 272 g/mol. The third-order valence-corrected chi connectivity index (χ3v) is 3.86. The molecule has 0 bridgehead atoms. The molecule has 3 rings (SSSR count). The molecule has 0 aliphatic heterocycles. The number of rotatable bonds is 3. The molecule has 0 atom stereocenters. The standard InChI is InChI=1S/C14H8O4S/c15-7-10-2-3-11(18-10)8-1-4-12-9(5-8)6-13(19-12)14(16)17/h1-7H,(H,16,17). The van der Waals surface area contributed by atoms with Crippen molar-refractivity contribution in [2.75, 3.05) is 0 Å². The van der Waals surface area contributed by atoms with Gasteiger partial charge in [-0.1, -0.05) is 0 Å². The van der Waals surface area contributed by atoms with E-state index in [1.807, 2.05) is 18.2 Å². The van der Waals surface area contributed by atoms with Crippen LogP contribution in [0.15, 0.2) is 40.8 Å². The number of carbonyl (C=O) groups excluding carboxylic acids is 1. The Morgan fingerprint density at radius 3 is 2.74 bits per heavy atom. The number of hydrogen-bond donors (Lipinski definition) is 1. The SMILES string of the molecule is O=Cc1ccc(-c2ccc3sc(C(=O)O)cc3c2)o1. The summed E-state index contributed by atoms with van der Waals surface area (Å²) in [6.45, 7) is 0. The Kier molecular flexibility index (Phi) is 2.68. The molecule has 0 aliphatic rings. The fourth-order valence-corrected chi connectivity index (χ4v) is 2.76. The molecule has 0 aliphatic carbocycles. The number of carbonyl (C=O) groups is 2. The first-order chi connectivity index (χ1) is 9.17. The van der Waals surface area contributed by atoms with Gasteiger partial charge < -0.3 is 9.52 Å². The molecule has 4 nitrogen and oxygen atoms in total. The predicted octanol–water partition coefficient (Wildman–Crippen LogP) is 3.67. The summed E-state index contributed by atoms with van der Waals surface area (Å²) >= 11 is 1.23. The molecule has 1 N–H and O–H groups in total. The molecule has 0 fully saturated rings. The molecule has 0 spiro atoms. The molecular weight excluding hydrogens is 264 g/mol. The molecule has 2 aromatic heterocycles. The summed E-state index contributed by atoms with van der Waals surface area (Å²) in [6, 6.07) is 10.5. The molecule has 0 amide bonds. The van der Waals surface area contributed by atoms with Crippen molar-refractivity contribution < 1.29 is 19.1 Å². The lowest BCUT2D eigenvalue weighted by Crippen LogP contribution is -1.89. The lowest BCUT2D eigenvalue weighted by Gasteiger charge is -1.96. The number of hydrogen-bond acceptors (Lipinski definition) is 4. The van der Waals surface area contributed by atoms with E-state index in [0.717, 1.165) is 15.6 Å². The Balaban J connectivity index is 2.10. The summed E-state index contributed by atoms with van der Waals surface area (Å²) in [7, 11) is 0. The summed E-state index contributed by atoms with van der Waals surface area (Å²) in [6.07, 6.45) is 0.648. The molecule has 2 heterocycles. The van der Waals surface area contributed by atoms with Crippen LogP contribution in [0.25, 0.3) is 21.4 Å². The van der Waals surface area contributed by atoms with Crippen LogP contribution in [0.3, 0.4) is 0 Å². The Labute approximate surface area is 111 Å². The summed E-state index contributed by atoms with van der Waals surface area (Å²) in [4.78, 5) is 21.8. The average Bonchev–Trinajstić information content (AvgIpc) is 3.04. The van der Waals surface area contributed by atoms with Crippen molar-refractivity contribution in [1.82, 2.24) is 0 Å². The summed E-state index contributed by atoms with van der Waals surface area (Å²) < 4.78 is 6.25. The molecule has 0 saturated carbocycles. The van der Waals surface area contributed by atoms with E-state index in [4.69, 9.17) is 9.52 Å². The molecule has 3 aromatic rings. The predicted molar refractivity (Wildman–Crippen MR) is 71.9 cm³/mol. The quantitative estimate of drug-likeness (QED) is 0.738. The van der Waals surface area contributed by atoms with Gasteiger partial charge >= 0.3 is 5.97 Å². The van der Waals surface area contributed by atoms with Gasteiger partial charge in [-0.05, 0) is 41.8 Å². The Morgan fingerprint density at radius 1 is 1.21 bits per heavy atom. The maximum Gasteiger partial charge on any atom is 0.345 e. The molecule has 0 radical (unpaired) electrons. The number of thiophene rings is 1. The smallest absolute Gasteiger partial charge is 0.345 e. The fraction of sp³-hybridized carbons (Fsp3) is 0. The van der Waals surface area contributed by atoms with Crippen LogP contribution in [0.5, 0.6) is 0 Å². The number of benzene rings is 1. The van der Waals surface area contributed by atoms with E-state index in [0.29, 0.717) is 16.9 Å². The topological polar surface area (TPSA) is 67.5 Å². The van der Waals surface area contributed by atoms with Gasteiger partial charge in [0, 0.05) is 10.3 Å². The van der Waals surface area contributed by atoms with E-state index in [-0.39, 0.29) is 5.76 Å². The number of aldehydes is 1. The minimum absolute atomic E-state index is 0.270. The third-order valence-electron chi connectivity index (χ3n) is 2.75. The largest absolute Gasteiger partial charge is 0.477 e. The first-order valence-corrected chi connectivity index (χ1v) is 6.31. The third kappa shape index (κ3) is 2.04. The van der Waals surface area contributed by atoms with Gasteiger partial charge in [-0.2, -0.15) is 0 Å². The molecule has 0 saturated heterocycles. The van der Waals surface area contributed by atoms with Crippen molar-refractivity contribution in [3.05, 3.63) is 47.0 Å². The molecule has 0 unspecified atom stereocenters. The van der Waals surface area contributed by atoms with Crippen LogP contribution in [0, 0.1) is 0 Å². The number of furan rings is 1. The summed E-state index contributed by atoms with van der Waals surface area (Å²) in [5.41, 5.74) is 0.815. The Morgan fingerprint density at radius 2 is 2.05 bits per heavy atom. The van der Waals surface area contributed by atoms with Gasteiger partial charge in [0.05, 0.1) is 0 Å². The van der Waals surface area contributed by atoms with Gasteiger partial charge in [0.2, 0.25) is 0 Å². The summed E-state index contributed by atoms with van der Waals surface area (Å²) in [5, 5.41) is 9.81. The van der Waals surface area contributed by atoms with Crippen LogP contribution in [0.1, 0.15) is 20.2 Å². The number of fused-ring (bicyclic) bond motifs is 1. The number of carboxylic acids is 1. The van der Waals surface area contributed by atoms with Crippen LogP contribution >= 0.6 is 11.3 Å². The van der Waals surface area contributed by atoms with Crippen LogP contribution in [-0.4, -0.2) is 17.4 Å². The van der Waals surface area contributed by atoms with Crippen molar-refractivity contribution in [2.24, 2.45) is 0 Å². The first-order valence-electron chi connectivity index (χ1n) is 5.49. The molecular formula is C14H8O4S. The van der Waals surface area contributed by atoms with Crippen molar-refractivity contribution >= 4 is 33.7 Å². The number of carboxylic acid groups (broad SMARTS) is 1. The van der Waals surface area contributed by atoms with Gasteiger partial charge in [0.15, 0.2) is 12.0 Å². The van der Waals surface area contributed by atoms with Gasteiger partial charge in [-0.15, -0.1) is 11.3 Å². The van der Waals surface area contributed by atoms with E-state index in [9.17, 15) is 9.59 Å². The maximum absolute atomic E-state index is 10.9. The fourth-order valence-electron chi connectivity index (χ4n) is 1.87. The van der Waals surface area contributed by atoms with Crippen LogP contribution < -0.4 is 0 Å². The van der Waals surface area contributed by atoms with Gasteiger partial charge in [0.25, 0.3) is 0 Å². The van der Waals surface area contributed by atoms with Gasteiger partial charge in [-0.3, -0.25) is 4.79 Å². The first kappa shape index (κ1) is 11.7. The van der Waals surface area contributed by atoms with Crippen molar-refractivity contribution in [3.8, 4) is 11.3 Å². The Hall–Kier alpha value is -2.40. The minimum Gasteiger partial charge on any atom is -0.477 e. The van der Waals surface area contributed by atoms with Crippen molar-refractivity contribution in [2.45, 2.75) is 0 Å². The van der Waals surface area contributed by atoms with Crippen molar-refractivity contribution in [3.63, 3.8) is 0 Å². The van der Waals surface area contributed by atoms with E-state index in [2.05, 4.69) is 0 Å². The van der Waals surface area contributed by atoms with Crippen molar-refractivity contribution in [1.29, 1.82) is 0 Å². The zero-order valence-corrected chi connectivity index (χ0v) is 10.4. The Bertz CT molecular complexity index is 782. The molecule has 94 valence electrons. The molecule has 19 heavy (non-hydrogen) atoms. The highest BCUT2D eigenvalue weighted by molar-refractivity contribution is 7.20. The second-order valence-corrected chi connectivity index (χ2v) is 5.07. The van der Waals surface area contributed by atoms with E-state index in [1.165, 1.54) is 11.3 Å². The second-order valence-electron chi connectivity index (χ2n) is 3.99. The highest BCUT2D eigenvalue weighted by atomic mass is 32.1. The van der Waals surface area contributed by atoms with Gasteiger partial charge in [0.1, 0.15) is 10.6 Å².